The number of ether oxygens (including phenoxy) is 1. The summed E-state index contributed by atoms with van der Waals surface area (Å²) in [7, 11) is 0. The van der Waals surface area contributed by atoms with Gasteiger partial charge in [-0.2, -0.15) is 0 Å². The lowest BCUT2D eigenvalue weighted by Crippen LogP contribution is -2.29. The van der Waals surface area contributed by atoms with E-state index in [4.69, 9.17) is 21.4 Å². The summed E-state index contributed by atoms with van der Waals surface area (Å²) in [5.41, 5.74) is 0.0761. The van der Waals surface area contributed by atoms with Gasteiger partial charge in [0.1, 0.15) is 0 Å². The van der Waals surface area contributed by atoms with Crippen LogP contribution in [0.25, 0.3) is 0 Å². The Kier molecular flexibility index (Phi) is 4.33. The summed E-state index contributed by atoms with van der Waals surface area (Å²) in [6.45, 7) is 3.81. The highest BCUT2D eigenvalue weighted by Gasteiger charge is 2.27. The third kappa shape index (κ3) is 3.83. The largest absolute Gasteiger partial charge is 0.481 e. The van der Waals surface area contributed by atoms with Crippen molar-refractivity contribution in [2.75, 3.05) is 6.61 Å². The van der Waals surface area contributed by atoms with Crippen molar-refractivity contribution in [2.45, 2.75) is 20.5 Å². The molecule has 0 atom stereocenters. The zero-order valence-electron chi connectivity index (χ0n) is 9.37. The van der Waals surface area contributed by atoms with Crippen LogP contribution in [0.3, 0.4) is 0 Å². The molecule has 0 unspecified atom stereocenters. The average molecular weight is 243 g/mol. The van der Waals surface area contributed by atoms with Gasteiger partial charge in [-0.3, -0.25) is 4.79 Å². The highest BCUT2D eigenvalue weighted by Crippen LogP contribution is 2.17. The van der Waals surface area contributed by atoms with E-state index in [0.717, 1.165) is 5.56 Å². The molecule has 0 spiro atoms. The molecule has 0 bridgehead atoms. The Morgan fingerprint density at radius 2 is 2.19 bits per heavy atom. The second kappa shape index (κ2) is 5.32. The monoisotopic (exact) mass is 242 g/mol. The maximum Gasteiger partial charge on any atom is 0.311 e. The van der Waals surface area contributed by atoms with Crippen molar-refractivity contribution in [1.29, 1.82) is 0 Å². The van der Waals surface area contributed by atoms with Crippen molar-refractivity contribution < 1.29 is 14.6 Å². The van der Waals surface area contributed by atoms with Gasteiger partial charge in [0.2, 0.25) is 0 Å². The Balaban J connectivity index is 2.45. The standard InChI is InChI=1S/C12H15ClO3/c1-12(2,11(14)15)8-16-7-9-4-3-5-10(13)6-9/h3-6H,7-8H2,1-2H3,(H,14,15). The van der Waals surface area contributed by atoms with Crippen LogP contribution in [0.1, 0.15) is 19.4 Å². The lowest BCUT2D eigenvalue weighted by atomic mass is 9.95. The molecule has 0 aliphatic heterocycles. The fraction of sp³-hybridized carbons (Fsp3) is 0.417. The van der Waals surface area contributed by atoms with Crippen LogP contribution < -0.4 is 0 Å². The highest BCUT2D eigenvalue weighted by molar-refractivity contribution is 6.30. The smallest absolute Gasteiger partial charge is 0.311 e. The van der Waals surface area contributed by atoms with Gasteiger partial charge in [0.25, 0.3) is 0 Å². The zero-order valence-corrected chi connectivity index (χ0v) is 10.1. The van der Waals surface area contributed by atoms with Crippen LogP contribution in [0.2, 0.25) is 5.02 Å². The number of hydrogen-bond donors (Lipinski definition) is 1. The minimum atomic E-state index is -0.863. The van der Waals surface area contributed by atoms with Gasteiger partial charge in [-0.25, -0.2) is 0 Å². The Labute approximate surface area is 100.0 Å². The molecule has 0 heterocycles. The molecule has 1 aromatic carbocycles. The number of carboxylic acids is 1. The van der Waals surface area contributed by atoms with Crippen molar-refractivity contribution in [2.24, 2.45) is 5.41 Å². The molecule has 3 nitrogen and oxygen atoms in total. The van der Waals surface area contributed by atoms with Gasteiger partial charge < -0.3 is 9.84 Å². The van der Waals surface area contributed by atoms with E-state index in [0.29, 0.717) is 11.6 Å². The molecule has 0 amide bonds. The van der Waals surface area contributed by atoms with Gasteiger partial charge >= 0.3 is 5.97 Å². The molecule has 0 fully saturated rings. The van der Waals surface area contributed by atoms with Crippen LogP contribution in [-0.4, -0.2) is 17.7 Å². The fourth-order valence-corrected chi connectivity index (χ4v) is 1.33. The number of rotatable bonds is 5. The van der Waals surface area contributed by atoms with Gasteiger partial charge in [-0.05, 0) is 31.5 Å². The van der Waals surface area contributed by atoms with Crippen molar-refractivity contribution in [3.8, 4) is 0 Å². The first-order chi connectivity index (χ1) is 7.42. The number of hydrogen-bond acceptors (Lipinski definition) is 2. The van der Waals surface area contributed by atoms with Crippen molar-refractivity contribution in [3.05, 3.63) is 34.9 Å². The van der Waals surface area contributed by atoms with E-state index in [1.807, 2.05) is 12.1 Å². The van der Waals surface area contributed by atoms with Crippen LogP contribution in [0.4, 0.5) is 0 Å². The number of benzene rings is 1. The van der Waals surface area contributed by atoms with Crippen LogP contribution in [-0.2, 0) is 16.1 Å². The van der Waals surface area contributed by atoms with Gasteiger partial charge in [-0.15, -0.1) is 0 Å². The number of aliphatic carboxylic acids is 1. The summed E-state index contributed by atoms with van der Waals surface area (Å²) in [6, 6.07) is 7.31. The fourth-order valence-electron chi connectivity index (χ4n) is 1.11. The van der Waals surface area contributed by atoms with Gasteiger partial charge in [0.05, 0.1) is 18.6 Å². The molecule has 0 saturated carbocycles. The number of carbonyl (C=O) groups is 1. The summed E-state index contributed by atoms with van der Waals surface area (Å²) in [5, 5.41) is 9.53. The normalized spacial score (nSPS) is 11.4. The maximum atomic E-state index is 10.8. The van der Waals surface area contributed by atoms with E-state index < -0.39 is 11.4 Å². The summed E-state index contributed by atoms with van der Waals surface area (Å²) < 4.78 is 5.36. The molecular weight excluding hydrogens is 228 g/mol. The van der Waals surface area contributed by atoms with Gasteiger partial charge in [0, 0.05) is 5.02 Å². The Hall–Kier alpha value is -1.06. The molecule has 0 saturated heterocycles. The summed E-state index contributed by atoms with van der Waals surface area (Å²) >= 11 is 5.81. The Morgan fingerprint density at radius 1 is 1.50 bits per heavy atom. The first-order valence-electron chi connectivity index (χ1n) is 4.97. The molecule has 0 aliphatic rings. The molecule has 1 N–H and O–H groups in total. The lowest BCUT2D eigenvalue weighted by molar-refractivity contribution is -0.150. The topological polar surface area (TPSA) is 46.5 Å². The van der Waals surface area contributed by atoms with E-state index in [-0.39, 0.29) is 6.61 Å². The second-order valence-corrected chi connectivity index (χ2v) is 4.75. The van der Waals surface area contributed by atoms with Crippen LogP contribution >= 0.6 is 11.6 Å². The summed E-state index contributed by atoms with van der Waals surface area (Å²) in [6.07, 6.45) is 0. The molecule has 0 aromatic heterocycles. The number of carboxylic acid groups (broad SMARTS) is 1. The minimum absolute atomic E-state index is 0.175. The van der Waals surface area contributed by atoms with Crippen molar-refractivity contribution in [3.63, 3.8) is 0 Å². The first kappa shape index (κ1) is 13.0. The molecule has 0 radical (unpaired) electrons. The predicted molar refractivity (Wildman–Crippen MR) is 62.5 cm³/mol. The van der Waals surface area contributed by atoms with Crippen LogP contribution in [0.5, 0.6) is 0 Å². The van der Waals surface area contributed by atoms with Gasteiger partial charge in [0.15, 0.2) is 0 Å². The lowest BCUT2D eigenvalue weighted by Gasteiger charge is -2.18. The SMILES string of the molecule is CC(C)(COCc1cccc(Cl)c1)C(=O)O. The van der Waals surface area contributed by atoms with E-state index >= 15 is 0 Å². The van der Waals surface area contributed by atoms with Crippen molar-refractivity contribution in [1.82, 2.24) is 0 Å². The molecule has 1 rings (SSSR count). The average Bonchev–Trinajstić information content (AvgIpc) is 2.17. The molecule has 0 aliphatic carbocycles. The number of halogens is 1. The van der Waals surface area contributed by atoms with E-state index in [2.05, 4.69) is 0 Å². The molecule has 16 heavy (non-hydrogen) atoms. The molecular formula is C12H15ClO3. The third-order valence-electron chi connectivity index (χ3n) is 2.20. The maximum absolute atomic E-state index is 10.8. The van der Waals surface area contributed by atoms with E-state index in [9.17, 15) is 4.79 Å². The van der Waals surface area contributed by atoms with Gasteiger partial charge in [-0.1, -0.05) is 23.7 Å². The second-order valence-electron chi connectivity index (χ2n) is 4.31. The predicted octanol–water partition coefficient (Wildman–Crippen LogP) is 2.97. The van der Waals surface area contributed by atoms with E-state index in [1.165, 1.54) is 0 Å². The quantitative estimate of drug-likeness (QED) is 0.864. The third-order valence-corrected chi connectivity index (χ3v) is 2.43. The van der Waals surface area contributed by atoms with E-state index in [1.54, 1.807) is 26.0 Å². The first-order valence-corrected chi connectivity index (χ1v) is 5.35. The van der Waals surface area contributed by atoms with Crippen LogP contribution in [0.15, 0.2) is 24.3 Å². The highest BCUT2D eigenvalue weighted by atomic mass is 35.5. The molecule has 4 heteroatoms. The molecule has 1 aromatic rings. The Morgan fingerprint density at radius 3 is 2.75 bits per heavy atom. The van der Waals surface area contributed by atoms with Crippen molar-refractivity contribution >= 4 is 17.6 Å². The Bertz CT molecular complexity index is 374. The van der Waals surface area contributed by atoms with Crippen LogP contribution in [0, 0.1) is 5.41 Å². The molecule has 88 valence electrons. The summed E-state index contributed by atoms with van der Waals surface area (Å²) in [4.78, 5) is 10.8. The zero-order chi connectivity index (χ0) is 12.2. The minimum Gasteiger partial charge on any atom is -0.481 e. The summed E-state index contributed by atoms with van der Waals surface area (Å²) in [5.74, 6) is -0.862.